The van der Waals surface area contributed by atoms with Gasteiger partial charge in [0, 0.05) is 6.04 Å². The molecule has 4 heteroatoms. The molecule has 0 bridgehead atoms. The molecule has 104 valence electrons. The molecule has 1 saturated heterocycles. The molecule has 0 N–H and O–H groups in total. The molecule has 0 aliphatic carbocycles. The fourth-order valence-electron chi connectivity index (χ4n) is 2.60. The molecule has 0 saturated carbocycles. The molecule has 2 aromatic carbocycles. The molecule has 3 rings (SSSR count). The van der Waals surface area contributed by atoms with Gasteiger partial charge in [0.1, 0.15) is 0 Å². The van der Waals surface area contributed by atoms with Gasteiger partial charge in [0.05, 0.1) is 10.9 Å². The lowest BCUT2D eigenvalue weighted by Crippen LogP contribution is -2.14. The fraction of sp³-hybridized carbons (Fsp3) is 0.250. The molecular weight excluding hydrogens is 270 g/mol. The fourth-order valence-corrected chi connectivity index (χ4v) is 4.42. The lowest BCUT2D eigenvalue weighted by molar-refractivity contribution is 0.548. The van der Waals surface area contributed by atoms with Crippen molar-refractivity contribution in [1.82, 2.24) is 4.31 Å². The quantitative estimate of drug-likeness (QED) is 0.813. The van der Waals surface area contributed by atoms with Crippen LogP contribution in [0.25, 0.3) is 0 Å². The van der Waals surface area contributed by atoms with E-state index in [1.807, 2.05) is 56.3 Å². The van der Waals surface area contributed by atoms with Crippen LogP contribution in [0.1, 0.15) is 24.1 Å². The molecule has 1 unspecified atom stereocenters. The van der Waals surface area contributed by atoms with Gasteiger partial charge in [0.15, 0.2) is 0 Å². The molecule has 1 aliphatic heterocycles. The summed E-state index contributed by atoms with van der Waals surface area (Å²) in [6, 6.07) is 16.8. The maximum atomic E-state index is 12.6. The highest BCUT2D eigenvalue weighted by molar-refractivity contribution is 7.89. The first-order valence-corrected chi connectivity index (χ1v) is 8.11. The zero-order chi connectivity index (χ0) is 14.3. The maximum absolute atomic E-state index is 12.6. The third-order valence-electron chi connectivity index (χ3n) is 3.78. The van der Waals surface area contributed by atoms with E-state index in [2.05, 4.69) is 0 Å². The summed E-state index contributed by atoms with van der Waals surface area (Å²) < 4.78 is 26.8. The average Bonchev–Trinajstić information content (AvgIpc) is 3.13. The Morgan fingerprint density at radius 3 is 2.15 bits per heavy atom. The summed E-state index contributed by atoms with van der Waals surface area (Å²) in [4.78, 5) is 0.369. The van der Waals surface area contributed by atoms with E-state index in [1.165, 1.54) is 0 Å². The molecule has 1 aliphatic rings. The van der Waals surface area contributed by atoms with E-state index in [0.717, 1.165) is 11.1 Å². The second-order valence-electron chi connectivity index (χ2n) is 5.24. The van der Waals surface area contributed by atoms with Crippen LogP contribution in [-0.2, 0) is 10.0 Å². The van der Waals surface area contributed by atoms with Gasteiger partial charge in [-0.05, 0) is 31.5 Å². The predicted octanol–water partition coefficient (Wildman–Crippen LogP) is 3.13. The Morgan fingerprint density at radius 2 is 1.55 bits per heavy atom. The minimum atomic E-state index is -3.40. The van der Waals surface area contributed by atoms with Crippen LogP contribution < -0.4 is 0 Å². The van der Waals surface area contributed by atoms with E-state index in [-0.39, 0.29) is 12.1 Å². The minimum absolute atomic E-state index is 0.0173. The van der Waals surface area contributed by atoms with Crippen molar-refractivity contribution in [2.45, 2.75) is 30.8 Å². The van der Waals surface area contributed by atoms with Crippen molar-refractivity contribution >= 4 is 10.0 Å². The molecule has 1 fully saturated rings. The number of sulfonamides is 1. The minimum Gasteiger partial charge on any atom is -0.207 e. The second-order valence-corrected chi connectivity index (χ2v) is 7.09. The average molecular weight is 287 g/mol. The van der Waals surface area contributed by atoms with E-state index in [4.69, 9.17) is 0 Å². The van der Waals surface area contributed by atoms with Crippen molar-refractivity contribution in [3.63, 3.8) is 0 Å². The van der Waals surface area contributed by atoms with Crippen molar-refractivity contribution < 1.29 is 8.42 Å². The molecule has 0 amide bonds. The van der Waals surface area contributed by atoms with Crippen molar-refractivity contribution in [2.75, 3.05) is 0 Å². The highest BCUT2D eigenvalue weighted by Crippen LogP contribution is 2.47. The number of hydrogen-bond donors (Lipinski definition) is 0. The first-order chi connectivity index (χ1) is 9.51. The van der Waals surface area contributed by atoms with Crippen molar-refractivity contribution in [2.24, 2.45) is 0 Å². The first-order valence-electron chi connectivity index (χ1n) is 6.67. The normalized spacial score (nSPS) is 25.4. The molecule has 1 heterocycles. The van der Waals surface area contributed by atoms with E-state index >= 15 is 0 Å². The largest absolute Gasteiger partial charge is 0.243 e. The molecule has 2 aromatic rings. The zero-order valence-corrected chi connectivity index (χ0v) is 12.3. The lowest BCUT2D eigenvalue weighted by Gasteiger charge is -2.07. The summed E-state index contributed by atoms with van der Waals surface area (Å²) in [5, 5.41) is 0. The van der Waals surface area contributed by atoms with Gasteiger partial charge in [-0.3, -0.25) is 0 Å². The SMILES string of the molecule is Cc1ccc(S(=O)(=O)N2[C@H](C)[C@@H]2c2ccccc2)cc1. The van der Waals surface area contributed by atoms with Crippen LogP contribution >= 0.6 is 0 Å². The Labute approximate surface area is 119 Å². The highest BCUT2D eigenvalue weighted by atomic mass is 32.2. The summed E-state index contributed by atoms with van der Waals surface area (Å²) in [7, 11) is -3.40. The monoisotopic (exact) mass is 287 g/mol. The standard InChI is InChI=1S/C16H17NO2S/c1-12-8-10-15(11-9-12)20(18,19)17-13(2)16(17)14-6-4-3-5-7-14/h3-11,13,16H,1-2H3/t13-,16-,17?/m1/s1. The summed E-state index contributed by atoms with van der Waals surface area (Å²) in [5.74, 6) is 0. The van der Waals surface area contributed by atoms with Crippen LogP contribution in [0, 0.1) is 6.92 Å². The van der Waals surface area contributed by atoms with E-state index < -0.39 is 10.0 Å². The third kappa shape index (κ3) is 2.15. The number of rotatable bonds is 3. The summed E-state index contributed by atoms with van der Waals surface area (Å²) in [6.07, 6.45) is 0. The topological polar surface area (TPSA) is 37.1 Å². The van der Waals surface area contributed by atoms with Crippen molar-refractivity contribution in [3.8, 4) is 0 Å². The molecule has 3 nitrogen and oxygen atoms in total. The highest BCUT2D eigenvalue weighted by Gasteiger charge is 2.53. The van der Waals surface area contributed by atoms with Crippen molar-refractivity contribution in [3.05, 3.63) is 65.7 Å². The lowest BCUT2D eigenvalue weighted by atomic mass is 10.1. The van der Waals surface area contributed by atoms with Gasteiger partial charge in [-0.2, -0.15) is 4.31 Å². The molecule has 0 spiro atoms. The van der Waals surface area contributed by atoms with Crippen LogP contribution in [0.4, 0.5) is 0 Å². The molecule has 0 aromatic heterocycles. The number of hydrogen-bond acceptors (Lipinski definition) is 2. The smallest absolute Gasteiger partial charge is 0.207 e. The second kappa shape index (κ2) is 4.72. The molecule has 20 heavy (non-hydrogen) atoms. The van der Waals surface area contributed by atoms with Gasteiger partial charge < -0.3 is 0 Å². The summed E-state index contributed by atoms with van der Waals surface area (Å²) in [6.45, 7) is 3.90. The number of benzene rings is 2. The molecule has 0 radical (unpaired) electrons. The van der Waals surface area contributed by atoms with Crippen LogP contribution in [0.5, 0.6) is 0 Å². The van der Waals surface area contributed by atoms with E-state index in [0.29, 0.717) is 4.90 Å². The van der Waals surface area contributed by atoms with E-state index in [9.17, 15) is 8.42 Å². The number of nitrogens with zero attached hydrogens (tertiary/aromatic N) is 1. The van der Waals surface area contributed by atoms with Crippen LogP contribution in [0.2, 0.25) is 0 Å². The Bertz CT molecular complexity index is 708. The third-order valence-corrected chi connectivity index (χ3v) is 5.76. The Kier molecular flexibility index (Phi) is 3.15. The van der Waals surface area contributed by atoms with Gasteiger partial charge >= 0.3 is 0 Å². The molecular formula is C16H17NO2S. The van der Waals surface area contributed by atoms with E-state index in [1.54, 1.807) is 16.4 Å². The Balaban J connectivity index is 1.92. The van der Waals surface area contributed by atoms with Gasteiger partial charge in [-0.1, -0.05) is 48.0 Å². The zero-order valence-electron chi connectivity index (χ0n) is 11.5. The van der Waals surface area contributed by atoms with Gasteiger partial charge in [-0.25, -0.2) is 8.42 Å². The number of aryl methyl sites for hydroxylation is 1. The van der Waals surface area contributed by atoms with Crippen molar-refractivity contribution in [1.29, 1.82) is 0 Å². The van der Waals surface area contributed by atoms with Crippen LogP contribution in [-0.4, -0.2) is 18.8 Å². The Hall–Kier alpha value is -1.65. The summed E-state index contributed by atoms with van der Waals surface area (Å²) in [5.41, 5.74) is 2.11. The van der Waals surface area contributed by atoms with Crippen LogP contribution in [0.3, 0.4) is 0 Å². The Morgan fingerprint density at radius 1 is 0.950 bits per heavy atom. The first kappa shape index (κ1) is 13.3. The van der Waals surface area contributed by atoms with Gasteiger partial charge in [0.2, 0.25) is 10.0 Å². The maximum Gasteiger partial charge on any atom is 0.243 e. The van der Waals surface area contributed by atoms with Gasteiger partial charge in [-0.15, -0.1) is 0 Å². The van der Waals surface area contributed by atoms with Crippen LogP contribution in [0.15, 0.2) is 59.5 Å². The predicted molar refractivity (Wildman–Crippen MR) is 78.8 cm³/mol. The van der Waals surface area contributed by atoms with Gasteiger partial charge in [0.25, 0.3) is 0 Å². The summed E-state index contributed by atoms with van der Waals surface area (Å²) >= 11 is 0. The molecule has 3 atom stereocenters.